The predicted molar refractivity (Wildman–Crippen MR) is 75.7 cm³/mol. The van der Waals surface area contributed by atoms with Crippen LogP contribution < -0.4 is 61.6 Å². The van der Waals surface area contributed by atoms with Crippen molar-refractivity contribution < 1.29 is 69.1 Å². The molecule has 0 heterocycles. The summed E-state index contributed by atoms with van der Waals surface area (Å²) >= 11 is 5.76. The molecule has 2 rings (SSSR count). The van der Waals surface area contributed by atoms with Crippen molar-refractivity contribution in [2.45, 2.75) is 13.5 Å². The van der Waals surface area contributed by atoms with E-state index in [1.165, 1.54) is 19.1 Å². The van der Waals surface area contributed by atoms with E-state index in [4.69, 9.17) is 16.3 Å². The number of halogens is 4. The summed E-state index contributed by atoms with van der Waals surface area (Å²) in [5.41, 5.74) is 0.492. The summed E-state index contributed by atoms with van der Waals surface area (Å²) < 4.78 is 43.5. The van der Waals surface area contributed by atoms with Crippen molar-refractivity contribution in [3.8, 4) is 5.75 Å². The SMILES string of the molecule is Cc1cc(OCc2ccc(Cl)cc2)ccc1[B-](F)(F)F.[K+]. The molecule has 7 heteroatoms. The van der Waals surface area contributed by atoms with Crippen LogP contribution in [0.3, 0.4) is 0 Å². The van der Waals surface area contributed by atoms with Crippen LogP contribution in [0.25, 0.3) is 0 Å². The molecule has 0 unspecified atom stereocenters. The Hall–Kier alpha value is 0.0213. The standard InChI is InChI=1S/C14H12BClF3O.K/c1-10-8-13(6-7-14(10)15(17,18)19)20-9-11-2-4-12(16)5-3-11;/h2-8H,9H2,1H3;/q-1;+1. The molecule has 0 aliphatic rings. The van der Waals surface area contributed by atoms with Gasteiger partial charge in [0, 0.05) is 5.02 Å². The van der Waals surface area contributed by atoms with Gasteiger partial charge in [0.15, 0.2) is 0 Å². The molecule has 0 saturated heterocycles. The summed E-state index contributed by atoms with van der Waals surface area (Å²) in [4.78, 5) is 0. The molecule has 1 nitrogen and oxygen atoms in total. The largest absolute Gasteiger partial charge is 1.00 e. The van der Waals surface area contributed by atoms with Gasteiger partial charge >= 0.3 is 58.4 Å². The Labute approximate surface area is 169 Å². The van der Waals surface area contributed by atoms with Crippen molar-refractivity contribution in [2.75, 3.05) is 0 Å². The van der Waals surface area contributed by atoms with E-state index in [9.17, 15) is 12.9 Å². The van der Waals surface area contributed by atoms with E-state index in [0.717, 1.165) is 11.6 Å². The molecule has 0 N–H and O–H groups in total. The number of rotatable bonds is 4. The van der Waals surface area contributed by atoms with Crippen LogP contribution in [0.4, 0.5) is 12.9 Å². The van der Waals surface area contributed by atoms with Gasteiger partial charge in [-0.1, -0.05) is 35.4 Å². The number of aryl methyl sites for hydroxylation is 1. The van der Waals surface area contributed by atoms with Crippen LogP contribution in [0.5, 0.6) is 5.75 Å². The molecule has 2 aromatic rings. The molecule has 0 amide bonds. The first-order chi connectivity index (χ1) is 9.36. The maximum atomic E-state index is 12.7. The third kappa shape index (κ3) is 5.62. The minimum atomic E-state index is -4.98. The van der Waals surface area contributed by atoms with Gasteiger partial charge in [-0.3, -0.25) is 0 Å². The maximum absolute atomic E-state index is 12.7. The zero-order valence-corrected chi connectivity index (χ0v) is 15.6. The van der Waals surface area contributed by atoms with E-state index in [-0.39, 0.29) is 63.6 Å². The predicted octanol–water partition coefficient (Wildman–Crippen LogP) is 1.29. The monoisotopic (exact) mass is 338 g/mol. The molecule has 0 spiro atoms. The minimum absolute atomic E-state index is 0. The van der Waals surface area contributed by atoms with Crippen LogP contribution in [0.15, 0.2) is 42.5 Å². The average molecular weight is 339 g/mol. The van der Waals surface area contributed by atoms with Crippen LogP contribution in [0, 0.1) is 6.92 Å². The molecule has 0 bridgehead atoms. The first kappa shape index (κ1) is 19.1. The van der Waals surface area contributed by atoms with Gasteiger partial charge in [0.2, 0.25) is 0 Å². The van der Waals surface area contributed by atoms with Crippen molar-refractivity contribution in [3.05, 3.63) is 58.6 Å². The van der Waals surface area contributed by atoms with E-state index in [0.29, 0.717) is 10.8 Å². The fraction of sp³-hybridized carbons (Fsp3) is 0.143. The summed E-state index contributed by atoms with van der Waals surface area (Å²) in [6.45, 7) is -3.26. The molecule has 0 saturated carbocycles. The van der Waals surface area contributed by atoms with Gasteiger partial charge in [0.1, 0.15) is 12.4 Å². The first-order valence-corrected chi connectivity index (χ1v) is 6.42. The molecule has 2 aromatic carbocycles. The van der Waals surface area contributed by atoms with Crippen molar-refractivity contribution >= 4 is 24.0 Å². The molecular weight excluding hydrogens is 327 g/mol. The third-order valence-electron chi connectivity index (χ3n) is 2.91. The van der Waals surface area contributed by atoms with Crippen LogP contribution in [0.1, 0.15) is 11.1 Å². The summed E-state index contributed by atoms with van der Waals surface area (Å²) in [5.74, 6) is 0.418. The van der Waals surface area contributed by atoms with Gasteiger partial charge in [0.05, 0.1) is 0 Å². The minimum Gasteiger partial charge on any atom is -0.489 e. The van der Waals surface area contributed by atoms with Gasteiger partial charge in [-0.25, -0.2) is 0 Å². The van der Waals surface area contributed by atoms with Crippen LogP contribution >= 0.6 is 11.6 Å². The van der Waals surface area contributed by atoms with Crippen LogP contribution in [0.2, 0.25) is 5.02 Å². The number of hydrogen-bond donors (Lipinski definition) is 0. The molecular formula is C14H12BClF3KO. The molecule has 0 radical (unpaired) electrons. The Morgan fingerprint density at radius 3 is 2.19 bits per heavy atom. The van der Waals surface area contributed by atoms with E-state index in [1.54, 1.807) is 12.1 Å². The number of benzene rings is 2. The zero-order chi connectivity index (χ0) is 14.8. The Morgan fingerprint density at radius 1 is 1.05 bits per heavy atom. The van der Waals surface area contributed by atoms with Crippen LogP contribution in [-0.4, -0.2) is 6.98 Å². The summed E-state index contributed by atoms with van der Waals surface area (Å²) in [7, 11) is 0. The van der Waals surface area contributed by atoms with Crippen molar-refractivity contribution in [1.29, 1.82) is 0 Å². The third-order valence-corrected chi connectivity index (χ3v) is 3.16. The number of hydrogen-bond acceptors (Lipinski definition) is 1. The van der Waals surface area contributed by atoms with Crippen molar-refractivity contribution in [3.63, 3.8) is 0 Å². The van der Waals surface area contributed by atoms with Gasteiger partial charge in [-0.15, -0.1) is 5.46 Å². The molecule has 0 atom stereocenters. The topological polar surface area (TPSA) is 9.23 Å². The Kier molecular flexibility index (Phi) is 7.30. The Bertz CT molecular complexity index is 602. The Morgan fingerprint density at radius 2 is 1.67 bits per heavy atom. The molecule has 106 valence electrons. The van der Waals surface area contributed by atoms with Gasteiger partial charge in [-0.2, -0.15) is 0 Å². The molecule has 0 aliphatic heterocycles. The average Bonchev–Trinajstić information content (AvgIpc) is 2.36. The summed E-state index contributed by atoms with van der Waals surface area (Å²) in [6.07, 6.45) is 0. The van der Waals surface area contributed by atoms with Crippen molar-refractivity contribution in [2.24, 2.45) is 0 Å². The van der Waals surface area contributed by atoms with Crippen LogP contribution in [-0.2, 0) is 6.61 Å². The quantitative estimate of drug-likeness (QED) is 0.763. The van der Waals surface area contributed by atoms with E-state index < -0.39 is 12.4 Å². The summed E-state index contributed by atoms with van der Waals surface area (Å²) in [6, 6.07) is 10.9. The van der Waals surface area contributed by atoms with Gasteiger partial charge < -0.3 is 17.7 Å². The summed E-state index contributed by atoms with van der Waals surface area (Å²) in [5, 5.41) is 0.626. The maximum Gasteiger partial charge on any atom is 1.00 e. The smallest absolute Gasteiger partial charge is 0.489 e. The molecule has 0 fully saturated rings. The van der Waals surface area contributed by atoms with Crippen molar-refractivity contribution in [1.82, 2.24) is 0 Å². The Balaban J connectivity index is 0.00000220. The zero-order valence-electron chi connectivity index (χ0n) is 11.7. The van der Waals surface area contributed by atoms with E-state index >= 15 is 0 Å². The van der Waals surface area contributed by atoms with Gasteiger partial charge in [0.25, 0.3) is 0 Å². The van der Waals surface area contributed by atoms with E-state index in [2.05, 4.69) is 0 Å². The molecule has 0 aliphatic carbocycles. The van der Waals surface area contributed by atoms with E-state index in [1.807, 2.05) is 12.1 Å². The van der Waals surface area contributed by atoms with Gasteiger partial charge in [-0.05, 0) is 36.8 Å². The molecule has 0 aromatic heterocycles. The molecule has 21 heavy (non-hydrogen) atoms. The second-order valence-corrected chi connectivity index (χ2v) is 4.94. The second-order valence-electron chi connectivity index (χ2n) is 4.51. The number of ether oxygens (including phenoxy) is 1. The second kappa shape index (κ2) is 8.04. The fourth-order valence-corrected chi connectivity index (χ4v) is 1.98. The fourth-order valence-electron chi connectivity index (χ4n) is 1.85. The normalized spacial score (nSPS) is 10.9. The first-order valence-electron chi connectivity index (χ1n) is 6.04.